The largest absolute Gasteiger partial charge is 0.462 e. The summed E-state index contributed by atoms with van der Waals surface area (Å²) in [6, 6.07) is 20.7. The van der Waals surface area contributed by atoms with Gasteiger partial charge >= 0.3 is 0 Å². The third kappa shape index (κ3) is 3.04. The van der Waals surface area contributed by atoms with Gasteiger partial charge < -0.3 is 4.42 Å². The number of hydrogen-bond acceptors (Lipinski definition) is 4. The van der Waals surface area contributed by atoms with Crippen molar-refractivity contribution in [2.24, 2.45) is 4.99 Å². The third-order valence-corrected chi connectivity index (χ3v) is 7.28. The Labute approximate surface area is 189 Å². The highest BCUT2D eigenvalue weighted by Crippen LogP contribution is 2.41. The predicted molar refractivity (Wildman–Crippen MR) is 127 cm³/mol. The lowest BCUT2D eigenvalue weighted by Gasteiger charge is -2.30. The second kappa shape index (κ2) is 7.31. The van der Waals surface area contributed by atoms with E-state index < -0.39 is 0 Å². The lowest BCUT2D eigenvalue weighted by Crippen LogP contribution is -2.38. The first-order valence-corrected chi connectivity index (χ1v) is 11.7. The molecule has 1 atom stereocenters. The van der Waals surface area contributed by atoms with Gasteiger partial charge in [-0.3, -0.25) is 9.36 Å². The van der Waals surface area contributed by atoms with Gasteiger partial charge in [0.25, 0.3) is 5.56 Å². The van der Waals surface area contributed by atoms with Gasteiger partial charge in [-0.05, 0) is 55.5 Å². The number of aromatic nitrogens is 1. The lowest BCUT2D eigenvalue weighted by molar-refractivity contribution is 0.524. The van der Waals surface area contributed by atoms with Crippen molar-refractivity contribution in [1.29, 1.82) is 0 Å². The SMILES string of the molecule is Cc1ccc([C@H]2C3=C(N=c4s/c(=C\c5ccc(C)o5)c(=O)n42)c2ccccc2CC3)cc1. The second-order valence-electron chi connectivity index (χ2n) is 8.47. The zero-order valence-corrected chi connectivity index (χ0v) is 18.8. The molecule has 2 aliphatic rings. The quantitative estimate of drug-likeness (QED) is 0.462. The minimum atomic E-state index is -0.143. The monoisotopic (exact) mass is 438 g/mol. The molecule has 0 bridgehead atoms. The van der Waals surface area contributed by atoms with E-state index in [0.29, 0.717) is 10.3 Å². The van der Waals surface area contributed by atoms with Crippen LogP contribution in [0.5, 0.6) is 0 Å². The van der Waals surface area contributed by atoms with Crippen molar-refractivity contribution in [1.82, 2.24) is 4.57 Å². The zero-order chi connectivity index (χ0) is 21.8. The molecule has 1 aliphatic heterocycles. The van der Waals surface area contributed by atoms with Crippen LogP contribution in [-0.4, -0.2) is 4.57 Å². The summed E-state index contributed by atoms with van der Waals surface area (Å²) >= 11 is 1.43. The third-order valence-electron chi connectivity index (χ3n) is 6.30. The van der Waals surface area contributed by atoms with E-state index in [9.17, 15) is 4.79 Å². The Bertz CT molecular complexity index is 1560. The molecule has 0 saturated carbocycles. The standard InChI is InChI=1S/C27H22N2O2S/c1-16-7-10-19(11-8-16)25-22-14-12-18-5-3-4-6-21(18)24(22)28-27-29(25)26(30)23(32-27)15-20-13-9-17(2)31-20/h3-11,13,15,25H,12,14H2,1-2H3/b23-15-/t25-/m0/s1. The molecule has 3 heterocycles. The normalized spacial score (nSPS) is 17.6. The average Bonchev–Trinajstić information content (AvgIpc) is 3.35. The average molecular weight is 439 g/mol. The molecule has 2 aromatic heterocycles. The van der Waals surface area contributed by atoms with E-state index in [1.54, 1.807) is 0 Å². The Hall–Kier alpha value is -3.44. The van der Waals surface area contributed by atoms with Crippen LogP contribution in [0.25, 0.3) is 11.8 Å². The van der Waals surface area contributed by atoms with Gasteiger partial charge in [0.1, 0.15) is 11.5 Å². The number of aryl methyl sites for hydroxylation is 3. The number of thiazole rings is 1. The number of nitrogens with zero attached hydrogens (tertiary/aromatic N) is 2. The first kappa shape index (κ1) is 19.3. The van der Waals surface area contributed by atoms with Gasteiger partial charge in [-0.25, -0.2) is 4.99 Å². The zero-order valence-electron chi connectivity index (χ0n) is 18.0. The number of furan rings is 1. The van der Waals surface area contributed by atoms with E-state index in [0.717, 1.165) is 34.7 Å². The van der Waals surface area contributed by atoms with E-state index in [1.165, 1.54) is 33.6 Å². The molecule has 0 fully saturated rings. The molecule has 158 valence electrons. The van der Waals surface area contributed by atoms with Crippen molar-refractivity contribution in [2.75, 3.05) is 0 Å². The molecule has 2 aromatic carbocycles. The van der Waals surface area contributed by atoms with Crippen LogP contribution in [0, 0.1) is 13.8 Å². The van der Waals surface area contributed by atoms with Crippen LogP contribution in [0.15, 0.2) is 80.4 Å². The first-order chi connectivity index (χ1) is 15.6. The summed E-state index contributed by atoms with van der Waals surface area (Å²) in [5, 5.41) is 0. The van der Waals surface area contributed by atoms with Gasteiger partial charge in [0.15, 0.2) is 4.80 Å². The molecule has 4 aromatic rings. The summed E-state index contributed by atoms with van der Waals surface area (Å²) in [5.74, 6) is 1.52. The molecule has 0 unspecified atom stereocenters. The predicted octanol–water partition coefficient (Wildman–Crippen LogP) is 4.53. The highest BCUT2D eigenvalue weighted by Gasteiger charge is 2.32. The molecule has 0 spiro atoms. The van der Waals surface area contributed by atoms with Crippen molar-refractivity contribution >= 4 is 23.1 Å². The highest BCUT2D eigenvalue weighted by atomic mass is 32.1. The fourth-order valence-corrected chi connectivity index (χ4v) is 5.71. The minimum absolute atomic E-state index is 0.0150. The van der Waals surface area contributed by atoms with Gasteiger partial charge in [-0.2, -0.15) is 0 Å². The molecule has 1 aliphatic carbocycles. The van der Waals surface area contributed by atoms with Crippen LogP contribution in [0.4, 0.5) is 0 Å². The molecule has 32 heavy (non-hydrogen) atoms. The maximum atomic E-state index is 13.6. The van der Waals surface area contributed by atoms with Crippen molar-refractivity contribution in [2.45, 2.75) is 32.7 Å². The van der Waals surface area contributed by atoms with Gasteiger partial charge in [0.05, 0.1) is 16.3 Å². The molecule has 4 nitrogen and oxygen atoms in total. The Morgan fingerprint density at radius 1 is 1.03 bits per heavy atom. The van der Waals surface area contributed by atoms with Crippen molar-refractivity contribution < 1.29 is 4.42 Å². The van der Waals surface area contributed by atoms with E-state index >= 15 is 0 Å². The van der Waals surface area contributed by atoms with Crippen molar-refractivity contribution in [3.63, 3.8) is 0 Å². The van der Waals surface area contributed by atoms with E-state index in [-0.39, 0.29) is 11.6 Å². The Morgan fingerprint density at radius 3 is 2.62 bits per heavy atom. The summed E-state index contributed by atoms with van der Waals surface area (Å²) in [4.78, 5) is 19.4. The Kier molecular flexibility index (Phi) is 4.40. The number of hydrogen-bond donors (Lipinski definition) is 0. The molecule has 0 radical (unpaired) electrons. The van der Waals surface area contributed by atoms with Crippen molar-refractivity contribution in [3.8, 4) is 0 Å². The molecular weight excluding hydrogens is 416 g/mol. The van der Waals surface area contributed by atoms with Crippen LogP contribution < -0.4 is 14.9 Å². The number of fused-ring (bicyclic) bond motifs is 3. The number of benzene rings is 2. The van der Waals surface area contributed by atoms with Crippen LogP contribution in [0.1, 0.15) is 46.2 Å². The first-order valence-electron chi connectivity index (χ1n) is 10.8. The summed E-state index contributed by atoms with van der Waals surface area (Å²) in [6.45, 7) is 3.99. The molecular formula is C27H22N2O2S. The van der Waals surface area contributed by atoms with Crippen LogP contribution in [0.2, 0.25) is 0 Å². The van der Waals surface area contributed by atoms with Gasteiger partial charge in [0.2, 0.25) is 0 Å². The molecule has 0 N–H and O–H groups in total. The summed E-state index contributed by atoms with van der Waals surface area (Å²) < 4.78 is 8.22. The van der Waals surface area contributed by atoms with E-state index in [1.807, 2.05) is 29.7 Å². The van der Waals surface area contributed by atoms with Crippen LogP contribution in [-0.2, 0) is 6.42 Å². The Morgan fingerprint density at radius 2 is 1.84 bits per heavy atom. The maximum Gasteiger partial charge on any atom is 0.271 e. The topological polar surface area (TPSA) is 47.5 Å². The summed E-state index contributed by atoms with van der Waals surface area (Å²) in [7, 11) is 0. The molecule has 6 rings (SSSR count). The minimum Gasteiger partial charge on any atom is -0.462 e. The van der Waals surface area contributed by atoms with Gasteiger partial charge in [-0.15, -0.1) is 0 Å². The molecule has 5 heteroatoms. The van der Waals surface area contributed by atoms with Gasteiger partial charge in [0, 0.05) is 11.6 Å². The second-order valence-corrected chi connectivity index (χ2v) is 9.48. The summed E-state index contributed by atoms with van der Waals surface area (Å²) in [5.41, 5.74) is 7.07. The fraction of sp³-hybridized carbons (Fsp3) is 0.185. The van der Waals surface area contributed by atoms with Crippen LogP contribution in [0.3, 0.4) is 0 Å². The fourth-order valence-electron chi connectivity index (χ4n) is 4.73. The molecule has 0 amide bonds. The van der Waals surface area contributed by atoms with E-state index in [2.05, 4.69) is 55.5 Å². The Balaban J connectivity index is 1.64. The smallest absolute Gasteiger partial charge is 0.271 e. The molecule has 0 saturated heterocycles. The van der Waals surface area contributed by atoms with Crippen LogP contribution >= 0.6 is 11.3 Å². The van der Waals surface area contributed by atoms with E-state index in [4.69, 9.17) is 9.41 Å². The summed E-state index contributed by atoms with van der Waals surface area (Å²) in [6.07, 6.45) is 3.69. The lowest BCUT2D eigenvalue weighted by atomic mass is 9.83. The number of rotatable bonds is 2. The highest BCUT2D eigenvalue weighted by molar-refractivity contribution is 7.07. The van der Waals surface area contributed by atoms with Gasteiger partial charge in [-0.1, -0.05) is 65.4 Å². The maximum absolute atomic E-state index is 13.6. The van der Waals surface area contributed by atoms with Crippen molar-refractivity contribution in [3.05, 3.63) is 120 Å². The number of allylic oxidation sites excluding steroid dienone is 1.